The zero-order chi connectivity index (χ0) is 17.1. The highest BCUT2D eigenvalue weighted by molar-refractivity contribution is 6.04. The quantitative estimate of drug-likeness (QED) is 0.712. The molecule has 0 bridgehead atoms. The third-order valence-electron chi connectivity index (χ3n) is 3.47. The number of nitrogens with two attached hydrogens (primary N) is 1. The van der Waals surface area contributed by atoms with Gasteiger partial charge in [0.15, 0.2) is 5.76 Å². The third kappa shape index (κ3) is 3.22. The number of hydrogen-bond acceptors (Lipinski definition) is 4. The Morgan fingerprint density at radius 3 is 2.54 bits per heavy atom. The Bertz CT molecular complexity index is 872. The maximum atomic E-state index is 13.0. The van der Waals surface area contributed by atoms with Gasteiger partial charge in [0.1, 0.15) is 17.3 Å². The van der Waals surface area contributed by atoms with Crippen LogP contribution in [-0.2, 0) is 0 Å². The van der Waals surface area contributed by atoms with Crippen LogP contribution in [0.15, 0.2) is 59.0 Å². The van der Waals surface area contributed by atoms with Crippen molar-refractivity contribution in [2.75, 3.05) is 18.2 Å². The van der Waals surface area contributed by atoms with Crippen molar-refractivity contribution in [2.45, 2.75) is 0 Å². The number of ether oxygens (including phenoxy) is 1. The number of methoxy groups -OCH3 is 1. The van der Waals surface area contributed by atoms with Crippen molar-refractivity contribution in [3.05, 3.63) is 66.2 Å². The smallest absolute Gasteiger partial charge is 0.291 e. The van der Waals surface area contributed by atoms with E-state index in [2.05, 4.69) is 5.32 Å². The molecule has 2 aromatic carbocycles. The fourth-order valence-corrected chi connectivity index (χ4v) is 2.19. The number of hydrogen-bond donors (Lipinski definition) is 2. The topological polar surface area (TPSA) is 77.5 Å². The fourth-order valence-electron chi connectivity index (χ4n) is 2.19. The molecule has 0 aliphatic rings. The van der Waals surface area contributed by atoms with Crippen LogP contribution in [0.1, 0.15) is 10.6 Å². The number of nitrogen functional groups attached to an aromatic ring is 1. The average molecular weight is 326 g/mol. The maximum absolute atomic E-state index is 13.0. The van der Waals surface area contributed by atoms with Crippen LogP contribution >= 0.6 is 0 Å². The van der Waals surface area contributed by atoms with E-state index < -0.39 is 5.91 Å². The summed E-state index contributed by atoms with van der Waals surface area (Å²) in [5.41, 5.74) is 7.39. The van der Waals surface area contributed by atoms with E-state index in [1.165, 1.54) is 19.2 Å². The molecule has 0 radical (unpaired) electrons. The lowest BCUT2D eigenvalue weighted by Gasteiger charge is -2.08. The number of carbonyl (C=O) groups excluding carboxylic acids is 1. The highest BCUT2D eigenvalue weighted by Gasteiger charge is 2.14. The van der Waals surface area contributed by atoms with Crippen LogP contribution in [0.4, 0.5) is 15.8 Å². The Kier molecular flexibility index (Phi) is 4.20. The van der Waals surface area contributed by atoms with E-state index in [-0.39, 0.29) is 11.6 Å². The first-order valence-electron chi connectivity index (χ1n) is 7.17. The van der Waals surface area contributed by atoms with Gasteiger partial charge in [0.05, 0.1) is 18.5 Å². The Morgan fingerprint density at radius 2 is 1.88 bits per heavy atom. The van der Waals surface area contributed by atoms with Crippen LogP contribution in [0, 0.1) is 5.82 Å². The number of benzene rings is 2. The van der Waals surface area contributed by atoms with Gasteiger partial charge in [-0.25, -0.2) is 4.39 Å². The second kappa shape index (κ2) is 6.45. The molecule has 3 N–H and O–H groups in total. The van der Waals surface area contributed by atoms with Crippen LogP contribution < -0.4 is 15.8 Å². The van der Waals surface area contributed by atoms with Crippen LogP contribution in [0.2, 0.25) is 0 Å². The molecule has 3 rings (SSSR count). The molecule has 122 valence electrons. The molecule has 0 saturated carbocycles. The van der Waals surface area contributed by atoms with Gasteiger partial charge < -0.3 is 20.2 Å². The van der Waals surface area contributed by atoms with Crippen LogP contribution in [0.3, 0.4) is 0 Å². The molecular formula is C18H15FN2O3. The molecule has 6 heteroatoms. The van der Waals surface area contributed by atoms with Gasteiger partial charge in [-0.15, -0.1) is 0 Å². The molecule has 3 aromatic rings. The molecule has 0 fully saturated rings. The van der Waals surface area contributed by atoms with Crippen molar-refractivity contribution in [3.63, 3.8) is 0 Å². The van der Waals surface area contributed by atoms with Crippen LogP contribution in [0.5, 0.6) is 5.75 Å². The molecule has 0 atom stereocenters. The number of carbonyl (C=O) groups is 1. The van der Waals surface area contributed by atoms with Crippen LogP contribution in [-0.4, -0.2) is 13.0 Å². The predicted molar refractivity (Wildman–Crippen MR) is 89.5 cm³/mol. The van der Waals surface area contributed by atoms with Crippen molar-refractivity contribution in [1.29, 1.82) is 0 Å². The van der Waals surface area contributed by atoms with E-state index in [1.807, 2.05) is 0 Å². The molecule has 0 saturated heterocycles. The van der Waals surface area contributed by atoms with Crippen molar-refractivity contribution >= 4 is 17.3 Å². The largest absolute Gasteiger partial charge is 0.497 e. The minimum atomic E-state index is -0.430. The van der Waals surface area contributed by atoms with Gasteiger partial charge in [-0.1, -0.05) is 0 Å². The molecule has 0 unspecified atom stereocenters. The zero-order valence-electron chi connectivity index (χ0n) is 12.9. The van der Waals surface area contributed by atoms with Gasteiger partial charge >= 0.3 is 0 Å². The van der Waals surface area contributed by atoms with Crippen molar-refractivity contribution in [1.82, 2.24) is 0 Å². The summed E-state index contributed by atoms with van der Waals surface area (Å²) in [6, 6.07) is 14.0. The highest BCUT2D eigenvalue weighted by atomic mass is 19.1. The number of halogens is 1. The number of amides is 1. The fraction of sp³-hybridized carbons (Fsp3) is 0.0556. The Labute approximate surface area is 137 Å². The molecule has 1 aromatic heterocycles. The van der Waals surface area contributed by atoms with E-state index in [0.717, 1.165) is 0 Å². The van der Waals surface area contributed by atoms with Crippen molar-refractivity contribution in [2.24, 2.45) is 0 Å². The van der Waals surface area contributed by atoms with E-state index in [4.69, 9.17) is 14.9 Å². The summed E-state index contributed by atoms with van der Waals surface area (Å²) in [4.78, 5) is 12.3. The summed E-state index contributed by atoms with van der Waals surface area (Å²) in [6.45, 7) is 0. The third-order valence-corrected chi connectivity index (χ3v) is 3.47. The lowest BCUT2D eigenvalue weighted by molar-refractivity contribution is 0.0997. The highest BCUT2D eigenvalue weighted by Crippen LogP contribution is 2.26. The lowest BCUT2D eigenvalue weighted by atomic mass is 10.2. The summed E-state index contributed by atoms with van der Waals surface area (Å²) in [5, 5.41) is 2.68. The summed E-state index contributed by atoms with van der Waals surface area (Å²) in [5.74, 6) is 0.438. The Hall–Kier alpha value is -3.28. The van der Waals surface area contributed by atoms with Gasteiger partial charge in [0.25, 0.3) is 5.91 Å². The van der Waals surface area contributed by atoms with Gasteiger partial charge in [0, 0.05) is 11.6 Å². The summed E-state index contributed by atoms with van der Waals surface area (Å²) in [6.07, 6.45) is 0. The van der Waals surface area contributed by atoms with Gasteiger partial charge in [-0.2, -0.15) is 0 Å². The lowest BCUT2D eigenvalue weighted by Crippen LogP contribution is -2.12. The molecule has 5 nitrogen and oxygen atoms in total. The average Bonchev–Trinajstić information content (AvgIpc) is 3.07. The molecule has 0 spiro atoms. The number of anilines is 2. The second-order valence-corrected chi connectivity index (χ2v) is 5.08. The van der Waals surface area contributed by atoms with Gasteiger partial charge in [0.2, 0.25) is 0 Å². The zero-order valence-corrected chi connectivity index (χ0v) is 12.9. The van der Waals surface area contributed by atoms with E-state index in [0.29, 0.717) is 28.4 Å². The SMILES string of the molecule is COc1ccc(NC(=O)c2ccc(-c3ccc(F)cc3)o2)c(N)c1. The monoisotopic (exact) mass is 326 g/mol. The second-order valence-electron chi connectivity index (χ2n) is 5.08. The minimum Gasteiger partial charge on any atom is -0.497 e. The first-order chi connectivity index (χ1) is 11.6. The minimum absolute atomic E-state index is 0.129. The van der Waals surface area contributed by atoms with E-state index in [1.54, 1.807) is 42.5 Å². The number of furan rings is 1. The normalized spacial score (nSPS) is 10.4. The summed E-state index contributed by atoms with van der Waals surface area (Å²) < 4.78 is 23.5. The molecular weight excluding hydrogens is 311 g/mol. The molecule has 1 heterocycles. The maximum Gasteiger partial charge on any atom is 0.291 e. The Balaban J connectivity index is 1.77. The molecule has 0 aliphatic heterocycles. The Morgan fingerprint density at radius 1 is 1.12 bits per heavy atom. The van der Waals surface area contributed by atoms with Crippen molar-refractivity contribution < 1.29 is 18.3 Å². The van der Waals surface area contributed by atoms with E-state index >= 15 is 0 Å². The number of rotatable bonds is 4. The molecule has 24 heavy (non-hydrogen) atoms. The van der Waals surface area contributed by atoms with Gasteiger partial charge in [-0.05, 0) is 48.5 Å². The van der Waals surface area contributed by atoms with Crippen LogP contribution in [0.25, 0.3) is 11.3 Å². The number of nitrogens with one attached hydrogen (secondary N) is 1. The predicted octanol–water partition coefficient (Wildman–Crippen LogP) is 3.93. The van der Waals surface area contributed by atoms with Crippen molar-refractivity contribution in [3.8, 4) is 17.1 Å². The molecule has 1 amide bonds. The first-order valence-corrected chi connectivity index (χ1v) is 7.17. The molecule has 0 aliphatic carbocycles. The first kappa shape index (κ1) is 15.6. The summed E-state index contributed by atoms with van der Waals surface area (Å²) >= 11 is 0. The summed E-state index contributed by atoms with van der Waals surface area (Å²) in [7, 11) is 1.53. The van der Waals surface area contributed by atoms with E-state index in [9.17, 15) is 9.18 Å². The standard InChI is InChI=1S/C18H15FN2O3/c1-23-13-6-7-15(14(20)10-13)21-18(22)17-9-8-16(24-17)11-2-4-12(19)5-3-11/h2-10H,20H2,1H3,(H,21,22). The van der Waals surface area contributed by atoms with Gasteiger partial charge in [-0.3, -0.25) is 4.79 Å².